The zero-order valence-electron chi connectivity index (χ0n) is 19.1. The lowest BCUT2D eigenvalue weighted by Gasteiger charge is -2.13. The number of amides is 1. The maximum atomic E-state index is 12.5. The van der Waals surface area contributed by atoms with E-state index in [0.717, 1.165) is 16.8 Å². The van der Waals surface area contributed by atoms with E-state index in [1.165, 1.54) is 23.1 Å². The summed E-state index contributed by atoms with van der Waals surface area (Å²) in [7, 11) is 0. The zero-order chi connectivity index (χ0) is 25.7. The van der Waals surface area contributed by atoms with Gasteiger partial charge in [0.1, 0.15) is 28.5 Å². The number of benzene rings is 2. The summed E-state index contributed by atoms with van der Waals surface area (Å²) in [6, 6.07) is 19.1. The minimum absolute atomic E-state index is 0.0524. The number of nitrogens with two attached hydrogens (primary N) is 1. The minimum atomic E-state index is -0.210. The molecule has 0 spiro atoms. The number of hydrogen-bond donors (Lipinski definition) is 2. The monoisotopic (exact) mass is 530 g/mol. The molecule has 0 aliphatic carbocycles. The number of thioether (sulfide) groups is 1. The third-order valence-corrected chi connectivity index (χ3v) is 7.20. The van der Waals surface area contributed by atoms with Gasteiger partial charge in [0, 0.05) is 33.7 Å². The Bertz CT molecular complexity index is 1500. The van der Waals surface area contributed by atoms with Crippen molar-refractivity contribution in [1.29, 1.82) is 10.5 Å². The molecule has 178 valence electrons. The van der Waals surface area contributed by atoms with Crippen molar-refractivity contribution in [3.05, 3.63) is 75.6 Å². The van der Waals surface area contributed by atoms with E-state index in [-0.39, 0.29) is 29.3 Å². The van der Waals surface area contributed by atoms with E-state index in [2.05, 4.69) is 27.4 Å². The van der Waals surface area contributed by atoms with Crippen molar-refractivity contribution in [2.75, 3.05) is 16.8 Å². The Morgan fingerprint density at radius 2 is 1.72 bits per heavy atom. The summed E-state index contributed by atoms with van der Waals surface area (Å²) in [5, 5.41) is 25.7. The first-order valence-electron chi connectivity index (χ1n) is 10.7. The highest BCUT2D eigenvalue weighted by atomic mass is 35.5. The molecule has 4 rings (SSSR count). The number of rotatable bonds is 7. The van der Waals surface area contributed by atoms with E-state index in [1.807, 2.05) is 48.7 Å². The summed E-state index contributed by atoms with van der Waals surface area (Å²) in [5.41, 5.74) is 10.4. The van der Waals surface area contributed by atoms with Gasteiger partial charge in [-0.15, -0.1) is 23.1 Å². The smallest absolute Gasteiger partial charge is 0.226 e. The quantitative estimate of drug-likeness (QED) is 0.269. The molecule has 0 aliphatic rings. The van der Waals surface area contributed by atoms with Gasteiger partial charge in [-0.3, -0.25) is 4.79 Å². The van der Waals surface area contributed by atoms with Crippen LogP contribution in [-0.4, -0.2) is 21.6 Å². The Morgan fingerprint density at radius 3 is 2.39 bits per heavy atom. The maximum absolute atomic E-state index is 12.5. The van der Waals surface area contributed by atoms with Crippen molar-refractivity contribution in [2.45, 2.75) is 18.4 Å². The van der Waals surface area contributed by atoms with Crippen LogP contribution < -0.4 is 11.1 Å². The third kappa shape index (κ3) is 5.67. The van der Waals surface area contributed by atoms with Crippen LogP contribution in [0.15, 0.2) is 58.9 Å². The van der Waals surface area contributed by atoms with Crippen LogP contribution in [0.5, 0.6) is 0 Å². The largest absolute Gasteiger partial charge is 0.383 e. The van der Waals surface area contributed by atoms with Crippen LogP contribution in [0.25, 0.3) is 22.4 Å². The number of nitrogens with zero attached hydrogens (tertiary/aromatic N) is 4. The summed E-state index contributed by atoms with van der Waals surface area (Å²) >= 11 is 8.51. The van der Waals surface area contributed by atoms with Crippen molar-refractivity contribution in [3.8, 4) is 34.5 Å². The van der Waals surface area contributed by atoms with Crippen molar-refractivity contribution < 1.29 is 4.79 Å². The van der Waals surface area contributed by atoms with Gasteiger partial charge in [-0.2, -0.15) is 10.5 Å². The number of halogens is 1. The van der Waals surface area contributed by atoms with Crippen LogP contribution >= 0.6 is 34.7 Å². The van der Waals surface area contributed by atoms with Crippen molar-refractivity contribution in [2.24, 2.45) is 0 Å². The topological polar surface area (TPSA) is 128 Å². The molecule has 2 aromatic heterocycles. The fourth-order valence-electron chi connectivity index (χ4n) is 3.42. The number of nitriles is 2. The molecule has 2 heterocycles. The van der Waals surface area contributed by atoms with Gasteiger partial charge in [-0.25, -0.2) is 9.97 Å². The second-order valence-corrected chi connectivity index (χ2v) is 10.1. The van der Waals surface area contributed by atoms with Gasteiger partial charge in [0.2, 0.25) is 5.91 Å². The molecule has 0 bridgehead atoms. The first-order chi connectivity index (χ1) is 17.4. The van der Waals surface area contributed by atoms with E-state index in [4.69, 9.17) is 17.3 Å². The number of anilines is 2. The molecule has 0 fully saturated rings. The van der Waals surface area contributed by atoms with E-state index < -0.39 is 0 Å². The number of hydrogen-bond acceptors (Lipinski definition) is 8. The molecule has 1 amide bonds. The Balaban J connectivity index is 1.46. The van der Waals surface area contributed by atoms with E-state index in [0.29, 0.717) is 32.1 Å². The van der Waals surface area contributed by atoms with Gasteiger partial charge in [0.05, 0.1) is 11.3 Å². The minimum Gasteiger partial charge on any atom is -0.383 e. The Hall–Kier alpha value is -3.89. The molecule has 4 aromatic rings. The summed E-state index contributed by atoms with van der Waals surface area (Å²) < 4.78 is 0. The van der Waals surface area contributed by atoms with Crippen LogP contribution in [0.3, 0.4) is 0 Å². The number of nitrogens with one attached hydrogen (secondary N) is 1. The predicted molar refractivity (Wildman–Crippen MR) is 145 cm³/mol. The predicted octanol–water partition coefficient (Wildman–Crippen LogP) is 6.28. The van der Waals surface area contributed by atoms with Crippen LogP contribution in [0, 0.1) is 29.6 Å². The fourth-order valence-corrected chi connectivity index (χ4v) is 5.22. The van der Waals surface area contributed by atoms with Crippen LogP contribution in [0.4, 0.5) is 10.9 Å². The molecule has 0 saturated carbocycles. The number of thiazole rings is 1. The van der Waals surface area contributed by atoms with Crippen molar-refractivity contribution in [3.63, 3.8) is 0 Å². The van der Waals surface area contributed by atoms with Crippen molar-refractivity contribution >= 4 is 51.6 Å². The molecule has 3 N–H and O–H groups in total. The summed E-state index contributed by atoms with van der Waals surface area (Å²) in [5.74, 6) is 0.205. The Morgan fingerprint density at radius 1 is 1.06 bits per heavy atom. The van der Waals surface area contributed by atoms with Gasteiger partial charge < -0.3 is 11.1 Å². The zero-order valence-corrected chi connectivity index (χ0v) is 21.5. The molecule has 0 saturated heterocycles. The summed E-state index contributed by atoms with van der Waals surface area (Å²) in [4.78, 5) is 21.3. The van der Waals surface area contributed by atoms with Crippen molar-refractivity contribution in [1.82, 2.24) is 9.97 Å². The van der Waals surface area contributed by atoms with E-state index in [1.54, 1.807) is 12.1 Å². The highest BCUT2D eigenvalue weighted by Gasteiger charge is 2.20. The molecule has 0 aliphatic heterocycles. The highest BCUT2D eigenvalue weighted by molar-refractivity contribution is 7.99. The average molecular weight is 531 g/mol. The first-order valence-corrected chi connectivity index (χ1v) is 13.0. The van der Waals surface area contributed by atoms with E-state index >= 15 is 0 Å². The molecule has 10 heteroatoms. The fraction of sp³-hybridized carbons (Fsp3) is 0.115. The van der Waals surface area contributed by atoms with Crippen LogP contribution in [-0.2, 0) is 4.79 Å². The molecule has 0 atom stereocenters. The highest BCUT2D eigenvalue weighted by Crippen LogP contribution is 2.36. The van der Waals surface area contributed by atoms with Gasteiger partial charge >= 0.3 is 0 Å². The maximum Gasteiger partial charge on any atom is 0.226 e. The van der Waals surface area contributed by atoms with E-state index in [9.17, 15) is 15.3 Å². The molecule has 0 radical (unpaired) electrons. The Kier molecular flexibility index (Phi) is 7.87. The molecular weight excluding hydrogens is 512 g/mol. The molecular formula is C26H19ClN6OS2. The second-order valence-electron chi connectivity index (χ2n) is 7.71. The van der Waals surface area contributed by atoms with Crippen LogP contribution in [0.1, 0.15) is 23.1 Å². The number of nitrogen functional groups attached to an aromatic ring is 1. The number of aromatic nitrogens is 2. The number of aryl methyl sites for hydroxylation is 1. The van der Waals surface area contributed by atoms with Gasteiger partial charge in [0.25, 0.3) is 0 Å². The third-order valence-electron chi connectivity index (χ3n) is 5.21. The molecule has 7 nitrogen and oxygen atoms in total. The lowest BCUT2D eigenvalue weighted by molar-refractivity contribution is -0.115. The Labute approximate surface area is 221 Å². The lowest BCUT2D eigenvalue weighted by Crippen LogP contribution is -2.12. The number of carbonyl (C=O) groups is 1. The standard InChI is InChI=1S/C26H19ClN6OS2/c1-15-2-4-17(5-3-15)23-19(12-28)24(30)33-25(20(23)13-29)35-11-10-22(34)32-26-31-21(14-36-26)16-6-8-18(27)9-7-16/h2-9,14H,10-11H2,1H3,(H2,30,33)(H,31,32,34). The first kappa shape index (κ1) is 25.2. The molecule has 0 unspecified atom stereocenters. The number of pyridine rings is 1. The number of carbonyl (C=O) groups excluding carboxylic acids is 1. The molecule has 2 aromatic carbocycles. The second kappa shape index (κ2) is 11.2. The van der Waals surface area contributed by atoms with Gasteiger partial charge in [-0.1, -0.05) is 53.6 Å². The summed E-state index contributed by atoms with van der Waals surface area (Å²) in [6.45, 7) is 1.96. The average Bonchev–Trinajstić information content (AvgIpc) is 3.33. The van der Waals surface area contributed by atoms with Gasteiger partial charge in [0.15, 0.2) is 5.13 Å². The van der Waals surface area contributed by atoms with Gasteiger partial charge in [-0.05, 0) is 24.6 Å². The SMILES string of the molecule is Cc1ccc(-c2c(C#N)c(N)nc(SCCC(=O)Nc3nc(-c4ccc(Cl)cc4)cs3)c2C#N)cc1. The lowest BCUT2D eigenvalue weighted by atomic mass is 9.96. The van der Waals surface area contributed by atoms with Crippen LogP contribution in [0.2, 0.25) is 5.02 Å². The molecule has 36 heavy (non-hydrogen) atoms. The summed E-state index contributed by atoms with van der Waals surface area (Å²) in [6.07, 6.45) is 0.173. The normalized spacial score (nSPS) is 10.4.